The van der Waals surface area contributed by atoms with E-state index in [2.05, 4.69) is 5.10 Å². The molecule has 0 unspecified atom stereocenters. The summed E-state index contributed by atoms with van der Waals surface area (Å²) in [5.74, 6) is -0.317. The number of nitrogens with zero attached hydrogens (tertiary/aromatic N) is 4. The van der Waals surface area contributed by atoms with Crippen LogP contribution in [0.4, 0.5) is 0 Å². The first kappa shape index (κ1) is 23.7. The van der Waals surface area contributed by atoms with E-state index in [1.807, 2.05) is 30.1 Å². The molecule has 0 saturated heterocycles. The average Bonchev–Trinajstić information content (AvgIpc) is 3.42. The highest BCUT2D eigenvalue weighted by Crippen LogP contribution is 2.24. The van der Waals surface area contributed by atoms with Crippen molar-refractivity contribution in [1.82, 2.24) is 19.2 Å². The molecule has 34 heavy (non-hydrogen) atoms. The number of ether oxygens (including phenoxy) is 2. The fraction of sp³-hybridized carbons (Fsp3) is 0.417. The first-order chi connectivity index (χ1) is 16.5. The number of carbonyl (C=O) groups is 2. The summed E-state index contributed by atoms with van der Waals surface area (Å²) >= 11 is 1.56. The van der Waals surface area contributed by atoms with Crippen LogP contribution in [-0.2, 0) is 42.4 Å². The Kier molecular flexibility index (Phi) is 7.46. The van der Waals surface area contributed by atoms with Crippen molar-refractivity contribution in [3.63, 3.8) is 0 Å². The number of hydrogen-bond donors (Lipinski definition) is 0. The number of fused-ring (bicyclic) bond motifs is 1. The summed E-state index contributed by atoms with van der Waals surface area (Å²) in [7, 11) is 3.17. The fourth-order valence-electron chi connectivity index (χ4n) is 4.17. The lowest BCUT2D eigenvalue weighted by atomic mass is 10.1. The summed E-state index contributed by atoms with van der Waals surface area (Å²) < 4.78 is 14.2. The van der Waals surface area contributed by atoms with Crippen LogP contribution in [0.1, 0.15) is 33.6 Å². The maximum absolute atomic E-state index is 12.9. The highest BCUT2D eigenvalue weighted by atomic mass is 32.1. The lowest BCUT2D eigenvalue weighted by molar-refractivity contribution is -0.130. The number of aromatic nitrogens is 3. The van der Waals surface area contributed by atoms with Crippen molar-refractivity contribution in [3.8, 4) is 5.75 Å². The third-order valence-corrected chi connectivity index (χ3v) is 6.63. The van der Waals surface area contributed by atoms with Crippen molar-refractivity contribution >= 4 is 23.2 Å². The minimum atomic E-state index is -0.552. The molecular weight excluding hydrogens is 456 g/mol. The first-order valence-electron chi connectivity index (χ1n) is 11.2. The Balaban J connectivity index is 1.50. The number of methoxy groups -OCH3 is 1. The van der Waals surface area contributed by atoms with E-state index in [-0.39, 0.29) is 22.8 Å². The molecule has 0 radical (unpaired) electrons. The summed E-state index contributed by atoms with van der Waals surface area (Å²) in [4.78, 5) is 40.2. The minimum absolute atomic E-state index is 0.00532. The predicted octanol–water partition coefficient (Wildman–Crippen LogP) is 2.07. The highest BCUT2D eigenvalue weighted by Gasteiger charge is 2.27. The van der Waals surface area contributed by atoms with Gasteiger partial charge in [-0.1, -0.05) is 0 Å². The van der Waals surface area contributed by atoms with Crippen molar-refractivity contribution in [2.24, 2.45) is 7.05 Å². The van der Waals surface area contributed by atoms with Gasteiger partial charge in [0, 0.05) is 51.1 Å². The number of amides is 1. The van der Waals surface area contributed by atoms with Crippen molar-refractivity contribution in [1.29, 1.82) is 0 Å². The van der Waals surface area contributed by atoms with Crippen LogP contribution in [0.3, 0.4) is 0 Å². The van der Waals surface area contributed by atoms with Gasteiger partial charge in [-0.25, -0.2) is 4.79 Å². The van der Waals surface area contributed by atoms with Gasteiger partial charge in [0.1, 0.15) is 11.3 Å². The van der Waals surface area contributed by atoms with E-state index in [9.17, 15) is 14.4 Å². The van der Waals surface area contributed by atoms with Crippen LogP contribution in [0, 0.1) is 0 Å². The molecule has 4 heterocycles. The van der Waals surface area contributed by atoms with Gasteiger partial charge in [-0.3, -0.25) is 14.3 Å². The standard InChI is InChI=1S/C24H28N4O5S/c1-26-15-18(14-25-26)4-3-10-33-20-13-22(30)28-9-8-27(21(29)12-17-6-11-34-16-17)7-5-19(28)23(20)24(31)32-2/h6,11,13-16H,3-5,7-10,12H2,1-2H3. The molecule has 3 aromatic rings. The molecule has 3 aromatic heterocycles. The topological polar surface area (TPSA) is 95.7 Å². The van der Waals surface area contributed by atoms with E-state index in [4.69, 9.17) is 9.47 Å². The second kappa shape index (κ2) is 10.7. The van der Waals surface area contributed by atoms with Gasteiger partial charge in [0.2, 0.25) is 5.91 Å². The fourth-order valence-corrected chi connectivity index (χ4v) is 4.84. The molecule has 0 spiro atoms. The number of hydrogen-bond acceptors (Lipinski definition) is 7. The minimum Gasteiger partial charge on any atom is -0.492 e. The Labute approximate surface area is 201 Å². The molecule has 0 N–H and O–H groups in total. The lowest BCUT2D eigenvalue weighted by Gasteiger charge is -2.19. The van der Waals surface area contributed by atoms with E-state index in [0.29, 0.717) is 51.2 Å². The molecule has 0 bridgehead atoms. The number of pyridine rings is 1. The molecule has 180 valence electrons. The Morgan fingerprint density at radius 3 is 2.76 bits per heavy atom. The number of thiophene rings is 1. The van der Waals surface area contributed by atoms with Gasteiger partial charge >= 0.3 is 5.97 Å². The molecule has 0 saturated carbocycles. The summed E-state index contributed by atoms with van der Waals surface area (Å²) in [6.07, 6.45) is 5.91. The average molecular weight is 485 g/mol. The Hall–Kier alpha value is -3.40. The maximum atomic E-state index is 12.9. The third kappa shape index (κ3) is 5.39. The zero-order chi connectivity index (χ0) is 24.1. The smallest absolute Gasteiger partial charge is 0.343 e. The molecule has 0 aliphatic carbocycles. The molecule has 0 fully saturated rings. The Bertz CT molecular complexity index is 1210. The van der Waals surface area contributed by atoms with Gasteiger partial charge in [-0.2, -0.15) is 16.4 Å². The van der Waals surface area contributed by atoms with Gasteiger partial charge in [0.15, 0.2) is 0 Å². The molecule has 0 aromatic carbocycles. The monoisotopic (exact) mass is 484 g/mol. The van der Waals surface area contributed by atoms with E-state index in [1.165, 1.54) is 13.2 Å². The third-order valence-electron chi connectivity index (χ3n) is 5.90. The van der Waals surface area contributed by atoms with Gasteiger partial charge in [0.05, 0.1) is 26.3 Å². The van der Waals surface area contributed by atoms with Gasteiger partial charge < -0.3 is 18.9 Å². The quantitative estimate of drug-likeness (QED) is 0.359. The second-order valence-electron chi connectivity index (χ2n) is 8.23. The maximum Gasteiger partial charge on any atom is 0.343 e. The highest BCUT2D eigenvalue weighted by molar-refractivity contribution is 7.08. The largest absolute Gasteiger partial charge is 0.492 e. The summed E-state index contributed by atoms with van der Waals surface area (Å²) in [6, 6.07) is 3.29. The summed E-state index contributed by atoms with van der Waals surface area (Å²) in [5, 5.41) is 8.06. The van der Waals surface area contributed by atoms with Crippen molar-refractivity contribution in [3.05, 3.63) is 68.0 Å². The van der Waals surface area contributed by atoms with E-state index < -0.39 is 5.97 Å². The molecule has 10 heteroatoms. The second-order valence-corrected chi connectivity index (χ2v) is 9.01. The van der Waals surface area contributed by atoms with E-state index in [1.54, 1.807) is 31.7 Å². The van der Waals surface area contributed by atoms with E-state index in [0.717, 1.165) is 17.5 Å². The normalized spacial score (nSPS) is 13.3. The zero-order valence-electron chi connectivity index (χ0n) is 19.4. The molecular formula is C24H28N4O5S. The van der Waals surface area contributed by atoms with Gasteiger partial charge in [-0.15, -0.1) is 0 Å². The predicted molar refractivity (Wildman–Crippen MR) is 127 cm³/mol. The van der Waals surface area contributed by atoms with Crippen LogP contribution < -0.4 is 10.3 Å². The summed E-state index contributed by atoms with van der Waals surface area (Å²) in [6.45, 7) is 1.47. The van der Waals surface area contributed by atoms with Crippen LogP contribution in [0.15, 0.2) is 40.1 Å². The zero-order valence-corrected chi connectivity index (χ0v) is 20.2. The molecule has 9 nitrogen and oxygen atoms in total. The molecule has 1 aliphatic heterocycles. The van der Waals surface area contributed by atoms with E-state index >= 15 is 0 Å². The van der Waals surface area contributed by atoms with Crippen LogP contribution in [0.2, 0.25) is 0 Å². The Morgan fingerprint density at radius 1 is 1.21 bits per heavy atom. The van der Waals surface area contributed by atoms with Crippen LogP contribution in [-0.4, -0.2) is 57.9 Å². The molecule has 0 atom stereocenters. The van der Waals surface area contributed by atoms with Crippen molar-refractivity contribution in [2.75, 3.05) is 26.8 Å². The van der Waals surface area contributed by atoms with Gasteiger partial charge in [0.25, 0.3) is 5.56 Å². The summed E-state index contributed by atoms with van der Waals surface area (Å²) in [5.41, 5.74) is 2.62. The molecule has 1 aliphatic rings. The molecule has 4 rings (SSSR count). The van der Waals surface area contributed by atoms with Gasteiger partial charge in [-0.05, 0) is 40.8 Å². The van der Waals surface area contributed by atoms with Crippen LogP contribution in [0.5, 0.6) is 5.75 Å². The SMILES string of the molecule is COC(=O)c1c(OCCCc2cnn(C)c2)cc(=O)n2c1CCN(C(=O)Cc1ccsc1)CC2. The van der Waals surface area contributed by atoms with Crippen molar-refractivity contribution in [2.45, 2.75) is 32.2 Å². The van der Waals surface area contributed by atoms with Crippen LogP contribution in [0.25, 0.3) is 0 Å². The first-order valence-corrected chi connectivity index (χ1v) is 12.1. The number of carbonyl (C=O) groups excluding carboxylic acids is 2. The lowest BCUT2D eigenvalue weighted by Crippen LogP contribution is -2.35. The van der Waals surface area contributed by atoms with Crippen LogP contribution >= 0.6 is 11.3 Å². The number of rotatable bonds is 8. The number of aryl methyl sites for hydroxylation is 2. The Morgan fingerprint density at radius 2 is 2.06 bits per heavy atom. The molecule has 1 amide bonds. The van der Waals surface area contributed by atoms with Crippen molar-refractivity contribution < 1.29 is 19.1 Å². The number of esters is 1.